The van der Waals surface area contributed by atoms with Crippen molar-refractivity contribution in [2.24, 2.45) is 17.8 Å². The van der Waals surface area contributed by atoms with E-state index >= 15 is 0 Å². The van der Waals surface area contributed by atoms with E-state index in [1.807, 2.05) is 4.90 Å². The fourth-order valence-corrected chi connectivity index (χ4v) is 4.59. The van der Waals surface area contributed by atoms with E-state index in [2.05, 4.69) is 19.2 Å². The van der Waals surface area contributed by atoms with Gasteiger partial charge in [0.2, 0.25) is 5.91 Å². The third kappa shape index (κ3) is 5.32. The van der Waals surface area contributed by atoms with Crippen LogP contribution < -0.4 is 5.32 Å². The Hall–Kier alpha value is -2.70. The summed E-state index contributed by atoms with van der Waals surface area (Å²) in [5, 5.41) is 2.67. The number of hydrogen-bond acceptors (Lipinski definition) is 5. The lowest BCUT2D eigenvalue weighted by molar-refractivity contribution is -0.157. The maximum atomic E-state index is 12.7. The number of hydrogen-bond donors (Lipinski definition) is 1. The molecular weight excluding hydrogens is 396 g/mol. The van der Waals surface area contributed by atoms with Gasteiger partial charge in [0, 0.05) is 30.3 Å². The van der Waals surface area contributed by atoms with E-state index < -0.39 is 23.9 Å². The molecule has 1 N–H and O–H groups in total. The third-order valence-electron chi connectivity index (χ3n) is 6.75. The Morgan fingerprint density at radius 2 is 1.94 bits per heavy atom. The SMILES string of the molecule is CC(=O)c1cccc(NC(=O)[C@H](C)OC(=O)[C@@H]2CC(=O)N([C@@H]3CCC[C@H](C)[C@H]3C)C2)c1. The van der Waals surface area contributed by atoms with Crippen molar-refractivity contribution in [2.75, 3.05) is 11.9 Å². The molecule has 2 amide bonds. The first-order chi connectivity index (χ1) is 14.7. The molecule has 7 heteroatoms. The number of amides is 2. The molecule has 2 fully saturated rings. The van der Waals surface area contributed by atoms with Gasteiger partial charge in [0.15, 0.2) is 11.9 Å². The van der Waals surface area contributed by atoms with Crippen LogP contribution in [0.5, 0.6) is 0 Å². The molecule has 0 spiro atoms. The fourth-order valence-electron chi connectivity index (χ4n) is 4.59. The number of anilines is 1. The zero-order valence-electron chi connectivity index (χ0n) is 18.7. The van der Waals surface area contributed by atoms with Crippen LogP contribution in [0.1, 0.15) is 63.7 Å². The number of ether oxygens (including phenoxy) is 1. The van der Waals surface area contributed by atoms with Crippen LogP contribution in [-0.4, -0.2) is 47.2 Å². The van der Waals surface area contributed by atoms with Crippen molar-refractivity contribution in [1.82, 2.24) is 4.90 Å². The maximum absolute atomic E-state index is 12.7. The Labute approximate surface area is 183 Å². The molecule has 0 radical (unpaired) electrons. The Morgan fingerprint density at radius 1 is 1.19 bits per heavy atom. The molecule has 1 aliphatic carbocycles. The smallest absolute Gasteiger partial charge is 0.312 e. The zero-order valence-corrected chi connectivity index (χ0v) is 18.7. The van der Waals surface area contributed by atoms with Crippen molar-refractivity contribution >= 4 is 29.3 Å². The summed E-state index contributed by atoms with van der Waals surface area (Å²) in [5.74, 6) is -0.699. The van der Waals surface area contributed by atoms with E-state index in [4.69, 9.17) is 4.74 Å². The van der Waals surface area contributed by atoms with Crippen molar-refractivity contribution in [3.05, 3.63) is 29.8 Å². The lowest BCUT2D eigenvalue weighted by Crippen LogP contribution is -2.45. The molecule has 168 valence electrons. The summed E-state index contributed by atoms with van der Waals surface area (Å²) in [5.41, 5.74) is 0.946. The monoisotopic (exact) mass is 428 g/mol. The van der Waals surface area contributed by atoms with Gasteiger partial charge in [0.05, 0.1) is 5.92 Å². The van der Waals surface area contributed by atoms with Crippen LogP contribution in [0, 0.1) is 17.8 Å². The number of esters is 1. The molecule has 2 aliphatic rings. The normalized spacial score (nSPS) is 27.0. The molecule has 1 aliphatic heterocycles. The molecule has 31 heavy (non-hydrogen) atoms. The predicted molar refractivity (Wildman–Crippen MR) is 116 cm³/mol. The Morgan fingerprint density at radius 3 is 2.65 bits per heavy atom. The summed E-state index contributed by atoms with van der Waals surface area (Å²) in [6.07, 6.45) is 2.36. The van der Waals surface area contributed by atoms with Gasteiger partial charge in [-0.05, 0) is 44.2 Å². The first-order valence-electron chi connectivity index (χ1n) is 11.1. The van der Waals surface area contributed by atoms with Gasteiger partial charge in [0.1, 0.15) is 0 Å². The Kier molecular flexibility index (Phi) is 7.13. The van der Waals surface area contributed by atoms with Gasteiger partial charge in [-0.15, -0.1) is 0 Å². The number of carbonyl (C=O) groups excluding carboxylic acids is 4. The van der Waals surface area contributed by atoms with Crippen molar-refractivity contribution in [1.29, 1.82) is 0 Å². The number of benzene rings is 1. The molecule has 7 nitrogen and oxygen atoms in total. The standard InChI is InChI=1S/C24H32N2O5/c1-14-7-5-10-21(15(14)2)26-13-19(12-22(26)28)24(30)31-17(4)23(29)25-20-9-6-8-18(11-20)16(3)27/h6,8-9,11,14-15,17,19,21H,5,7,10,12-13H2,1-4H3,(H,25,29)/t14-,15+,17-,19+,21+/m0/s1. The summed E-state index contributed by atoms with van der Waals surface area (Å²) in [4.78, 5) is 51.1. The molecule has 0 unspecified atom stereocenters. The van der Waals surface area contributed by atoms with Gasteiger partial charge in [-0.1, -0.05) is 38.8 Å². The van der Waals surface area contributed by atoms with Crippen LogP contribution in [-0.2, 0) is 19.1 Å². The zero-order chi connectivity index (χ0) is 22.7. The van der Waals surface area contributed by atoms with Crippen LogP contribution in [0.3, 0.4) is 0 Å². The molecule has 1 saturated carbocycles. The lowest BCUT2D eigenvalue weighted by atomic mass is 9.77. The molecule has 1 aromatic carbocycles. The van der Waals surface area contributed by atoms with E-state index in [0.717, 1.165) is 12.8 Å². The van der Waals surface area contributed by atoms with E-state index in [1.54, 1.807) is 24.3 Å². The van der Waals surface area contributed by atoms with Crippen LogP contribution in [0.2, 0.25) is 0 Å². The lowest BCUT2D eigenvalue weighted by Gasteiger charge is -2.39. The fraction of sp³-hybridized carbons (Fsp3) is 0.583. The highest BCUT2D eigenvalue weighted by Crippen LogP contribution is 2.36. The van der Waals surface area contributed by atoms with Gasteiger partial charge in [-0.2, -0.15) is 0 Å². The summed E-state index contributed by atoms with van der Waals surface area (Å²) in [6, 6.07) is 6.75. The second kappa shape index (κ2) is 9.62. The number of nitrogens with one attached hydrogen (secondary N) is 1. The molecular formula is C24H32N2O5. The number of likely N-dealkylation sites (tertiary alicyclic amines) is 1. The molecule has 1 saturated heterocycles. The molecule has 0 bridgehead atoms. The van der Waals surface area contributed by atoms with Gasteiger partial charge in [-0.25, -0.2) is 0 Å². The molecule has 1 aromatic rings. The Bertz CT molecular complexity index is 867. The second-order valence-corrected chi connectivity index (χ2v) is 8.99. The minimum absolute atomic E-state index is 0.00828. The largest absolute Gasteiger partial charge is 0.452 e. The van der Waals surface area contributed by atoms with E-state index in [-0.39, 0.29) is 24.2 Å². The highest BCUT2D eigenvalue weighted by molar-refractivity contribution is 5.98. The highest BCUT2D eigenvalue weighted by atomic mass is 16.5. The predicted octanol–water partition coefficient (Wildman–Crippen LogP) is 3.43. The molecule has 5 atom stereocenters. The number of ketones is 1. The molecule has 1 heterocycles. The highest BCUT2D eigenvalue weighted by Gasteiger charge is 2.42. The van der Waals surface area contributed by atoms with Crippen molar-refractivity contribution in [3.8, 4) is 0 Å². The van der Waals surface area contributed by atoms with Gasteiger partial charge in [-0.3, -0.25) is 19.2 Å². The first-order valence-corrected chi connectivity index (χ1v) is 11.1. The first kappa shape index (κ1) is 23.0. The average Bonchev–Trinajstić information content (AvgIpc) is 3.11. The number of carbonyl (C=O) groups is 4. The number of nitrogens with zero attached hydrogens (tertiary/aromatic N) is 1. The van der Waals surface area contributed by atoms with Crippen molar-refractivity contribution in [2.45, 2.75) is 65.5 Å². The van der Waals surface area contributed by atoms with Crippen molar-refractivity contribution in [3.63, 3.8) is 0 Å². The van der Waals surface area contributed by atoms with Crippen LogP contribution >= 0.6 is 0 Å². The van der Waals surface area contributed by atoms with Crippen LogP contribution in [0.15, 0.2) is 24.3 Å². The topological polar surface area (TPSA) is 92.8 Å². The van der Waals surface area contributed by atoms with E-state index in [9.17, 15) is 19.2 Å². The van der Waals surface area contributed by atoms with E-state index in [1.165, 1.54) is 20.3 Å². The minimum Gasteiger partial charge on any atom is -0.452 e. The number of rotatable bonds is 6. The van der Waals surface area contributed by atoms with Gasteiger partial charge < -0.3 is 15.0 Å². The minimum atomic E-state index is -1.01. The third-order valence-corrected chi connectivity index (χ3v) is 6.75. The van der Waals surface area contributed by atoms with Gasteiger partial charge >= 0.3 is 5.97 Å². The van der Waals surface area contributed by atoms with Crippen LogP contribution in [0.4, 0.5) is 5.69 Å². The van der Waals surface area contributed by atoms with Gasteiger partial charge in [0.25, 0.3) is 5.91 Å². The number of Topliss-reactive ketones (excluding diaryl/α,β-unsaturated/α-hetero) is 1. The van der Waals surface area contributed by atoms with Crippen molar-refractivity contribution < 1.29 is 23.9 Å². The van der Waals surface area contributed by atoms with Crippen LogP contribution in [0.25, 0.3) is 0 Å². The summed E-state index contributed by atoms with van der Waals surface area (Å²) < 4.78 is 5.38. The molecule has 3 rings (SSSR count). The summed E-state index contributed by atoms with van der Waals surface area (Å²) >= 11 is 0. The summed E-state index contributed by atoms with van der Waals surface area (Å²) in [6.45, 7) is 7.71. The quantitative estimate of drug-likeness (QED) is 0.553. The second-order valence-electron chi connectivity index (χ2n) is 8.99. The van der Waals surface area contributed by atoms with E-state index in [0.29, 0.717) is 29.6 Å². The Balaban J connectivity index is 1.56. The molecule has 0 aromatic heterocycles. The summed E-state index contributed by atoms with van der Waals surface area (Å²) in [7, 11) is 0. The average molecular weight is 429 g/mol. The maximum Gasteiger partial charge on any atom is 0.312 e.